The van der Waals surface area contributed by atoms with Gasteiger partial charge < -0.3 is 15.3 Å². The number of carbonyl (C=O) groups is 1. The molecule has 0 atom stereocenters. The van der Waals surface area contributed by atoms with Gasteiger partial charge in [-0.1, -0.05) is 36.4 Å². The van der Waals surface area contributed by atoms with Gasteiger partial charge >= 0.3 is 0 Å². The molecule has 2 aromatic carbocycles. The Kier molecular flexibility index (Phi) is 3.98. The number of hydrogen-bond donors (Lipinski definition) is 3. The largest absolute Gasteiger partial charge is 0.507 e. The number of benzene rings is 2. The molecule has 2 aromatic rings. The Hall–Kier alpha value is -2.75. The molecule has 0 saturated carbocycles. The summed E-state index contributed by atoms with van der Waals surface area (Å²) >= 11 is 0. The van der Waals surface area contributed by atoms with Crippen LogP contribution in [0.25, 0.3) is 6.08 Å². The predicted molar refractivity (Wildman–Crippen MR) is 80.7 cm³/mol. The van der Waals surface area contributed by atoms with Crippen molar-refractivity contribution in [2.75, 3.05) is 0 Å². The summed E-state index contributed by atoms with van der Waals surface area (Å²) in [5.74, 6) is -1.55. The third-order valence-corrected chi connectivity index (χ3v) is 3.37. The molecule has 3 N–H and O–H groups in total. The SMILES string of the molecule is Cc1c(O)c(C)c(O)c(C(=O)C=Cc2ccccc2)c1O. The fraction of sp³-hybridized carbons (Fsp3) is 0.118. The Bertz CT molecular complexity index is 686. The number of rotatable bonds is 3. The minimum absolute atomic E-state index is 0.168. The summed E-state index contributed by atoms with van der Waals surface area (Å²) in [6.07, 6.45) is 2.87. The van der Waals surface area contributed by atoms with Crippen LogP contribution in [-0.4, -0.2) is 21.1 Å². The fourth-order valence-corrected chi connectivity index (χ4v) is 2.05. The van der Waals surface area contributed by atoms with E-state index in [1.807, 2.05) is 30.3 Å². The highest BCUT2D eigenvalue weighted by Gasteiger charge is 2.22. The van der Waals surface area contributed by atoms with E-state index in [1.165, 1.54) is 19.9 Å². The van der Waals surface area contributed by atoms with E-state index in [1.54, 1.807) is 6.08 Å². The normalized spacial score (nSPS) is 11.0. The van der Waals surface area contributed by atoms with Crippen molar-refractivity contribution < 1.29 is 20.1 Å². The van der Waals surface area contributed by atoms with Crippen molar-refractivity contribution in [3.63, 3.8) is 0 Å². The molecule has 0 spiro atoms. The van der Waals surface area contributed by atoms with E-state index < -0.39 is 17.3 Å². The van der Waals surface area contributed by atoms with Crippen LogP contribution < -0.4 is 0 Å². The van der Waals surface area contributed by atoms with E-state index in [0.29, 0.717) is 0 Å². The van der Waals surface area contributed by atoms with E-state index in [0.717, 1.165) is 5.56 Å². The molecule has 0 heterocycles. The first-order valence-electron chi connectivity index (χ1n) is 6.45. The summed E-state index contributed by atoms with van der Waals surface area (Å²) in [6, 6.07) is 9.21. The second kappa shape index (κ2) is 5.71. The van der Waals surface area contributed by atoms with Gasteiger partial charge in [-0.25, -0.2) is 0 Å². The van der Waals surface area contributed by atoms with Gasteiger partial charge in [0, 0.05) is 11.1 Å². The lowest BCUT2D eigenvalue weighted by Crippen LogP contribution is -1.99. The number of phenolic OH excluding ortho intramolecular Hbond substituents is 3. The Labute approximate surface area is 122 Å². The molecular weight excluding hydrogens is 268 g/mol. The first kappa shape index (κ1) is 14.7. The molecule has 4 heteroatoms. The number of ketones is 1. The molecule has 0 amide bonds. The molecular formula is C17H16O4. The van der Waals surface area contributed by atoms with Crippen LogP contribution in [0.4, 0.5) is 0 Å². The minimum atomic E-state index is -0.528. The van der Waals surface area contributed by atoms with Gasteiger partial charge in [0.25, 0.3) is 0 Å². The van der Waals surface area contributed by atoms with Crippen molar-refractivity contribution in [2.45, 2.75) is 13.8 Å². The standard InChI is InChI=1S/C17H16O4/c1-10-15(19)11(2)17(21)14(16(10)20)13(18)9-8-12-6-4-3-5-7-12/h3-9,19-21H,1-2H3. The molecule has 2 rings (SSSR count). The third-order valence-electron chi connectivity index (χ3n) is 3.37. The molecule has 0 bridgehead atoms. The Morgan fingerprint density at radius 2 is 1.43 bits per heavy atom. The lowest BCUT2D eigenvalue weighted by molar-refractivity contribution is 0.104. The monoisotopic (exact) mass is 284 g/mol. The van der Waals surface area contributed by atoms with Crippen LogP contribution >= 0.6 is 0 Å². The van der Waals surface area contributed by atoms with Gasteiger partial charge in [-0.2, -0.15) is 0 Å². The van der Waals surface area contributed by atoms with Crippen LogP contribution in [0.15, 0.2) is 36.4 Å². The van der Waals surface area contributed by atoms with Crippen molar-refractivity contribution >= 4 is 11.9 Å². The lowest BCUT2D eigenvalue weighted by atomic mass is 9.98. The Balaban J connectivity index is 2.43. The zero-order valence-corrected chi connectivity index (χ0v) is 11.8. The van der Waals surface area contributed by atoms with E-state index in [9.17, 15) is 20.1 Å². The maximum absolute atomic E-state index is 12.2. The summed E-state index contributed by atoms with van der Waals surface area (Å²) in [7, 11) is 0. The molecule has 0 aliphatic heterocycles. The minimum Gasteiger partial charge on any atom is -0.507 e. The molecule has 0 aliphatic rings. The van der Waals surface area contributed by atoms with E-state index in [2.05, 4.69) is 0 Å². The number of carbonyl (C=O) groups excluding carboxylic acids is 1. The highest BCUT2D eigenvalue weighted by molar-refractivity contribution is 6.11. The number of allylic oxidation sites excluding steroid dienone is 1. The third kappa shape index (κ3) is 2.74. The molecule has 0 fully saturated rings. The summed E-state index contributed by atoms with van der Waals surface area (Å²) in [5.41, 5.74) is 0.968. The van der Waals surface area contributed by atoms with Crippen LogP contribution in [0.3, 0.4) is 0 Å². The van der Waals surface area contributed by atoms with Gasteiger partial charge in [0.1, 0.15) is 22.8 Å². The smallest absolute Gasteiger partial charge is 0.193 e. The number of phenols is 3. The van der Waals surface area contributed by atoms with Crippen molar-refractivity contribution in [2.24, 2.45) is 0 Å². The summed E-state index contributed by atoms with van der Waals surface area (Å²) in [5, 5.41) is 29.7. The van der Waals surface area contributed by atoms with Gasteiger partial charge in [-0.05, 0) is 25.5 Å². The predicted octanol–water partition coefficient (Wildman–Crippen LogP) is 3.32. The van der Waals surface area contributed by atoms with Crippen LogP contribution in [0.2, 0.25) is 0 Å². The molecule has 108 valence electrons. The van der Waals surface area contributed by atoms with Gasteiger partial charge in [-0.15, -0.1) is 0 Å². The summed E-state index contributed by atoms with van der Waals surface area (Å²) < 4.78 is 0. The zero-order valence-electron chi connectivity index (χ0n) is 11.8. The summed E-state index contributed by atoms with van der Waals surface area (Å²) in [4.78, 5) is 12.2. The highest BCUT2D eigenvalue weighted by atomic mass is 16.3. The molecule has 0 radical (unpaired) electrons. The fourth-order valence-electron chi connectivity index (χ4n) is 2.05. The molecule has 0 aliphatic carbocycles. The average molecular weight is 284 g/mol. The van der Waals surface area contributed by atoms with Gasteiger partial charge in [0.15, 0.2) is 5.78 Å². The van der Waals surface area contributed by atoms with E-state index in [4.69, 9.17) is 0 Å². The van der Waals surface area contributed by atoms with Crippen molar-refractivity contribution in [1.29, 1.82) is 0 Å². The van der Waals surface area contributed by atoms with E-state index in [-0.39, 0.29) is 22.4 Å². The molecule has 0 unspecified atom stereocenters. The van der Waals surface area contributed by atoms with Crippen molar-refractivity contribution in [1.82, 2.24) is 0 Å². The van der Waals surface area contributed by atoms with Crippen LogP contribution in [0, 0.1) is 13.8 Å². The second-order valence-electron chi connectivity index (χ2n) is 4.78. The Morgan fingerprint density at radius 3 is 1.95 bits per heavy atom. The molecule has 0 saturated heterocycles. The van der Waals surface area contributed by atoms with Crippen LogP contribution in [0.5, 0.6) is 17.2 Å². The quantitative estimate of drug-likeness (QED) is 0.597. The first-order valence-corrected chi connectivity index (χ1v) is 6.45. The maximum atomic E-state index is 12.2. The van der Waals surface area contributed by atoms with Gasteiger partial charge in [-0.3, -0.25) is 4.79 Å². The van der Waals surface area contributed by atoms with E-state index >= 15 is 0 Å². The molecule has 0 aromatic heterocycles. The van der Waals surface area contributed by atoms with Crippen LogP contribution in [0.1, 0.15) is 27.0 Å². The maximum Gasteiger partial charge on any atom is 0.193 e. The number of aromatic hydroxyl groups is 3. The van der Waals surface area contributed by atoms with Crippen molar-refractivity contribution in [3.05, 3.63) is 58.7 Å². The zero-order chi connectivity index (χ0) is 15.6. The van der Waals surface area contributed by atoms with Crippen LogP contribution in [-0.2, 0) is 0 Å². The molecule has 4 nitrogen and oxygen atoms in total. The summed E-state index contributed by atoms with van der Waals surface area (Å²) in [6.45, 7) is 2.96. The topological polar surface area (TPSA) is 77.8 Å². The average Bonchev–Trinajstić information content (AvgIpc) is 2.50. The molecule has 21 heavy (non-hydrogen) atoms. The second-order valence-corrected chi connectivity index (χ2v) is 4.78. The number of hydrogen-bond acceptors (Lipinski definition) is 4. The lowest BCUT2D eigenvalue weighted by Gasteiger charge is -2.12. The van der Waals surface area contributed by atoms with Gasteiger partial charge in [0.05, 0.1) is 0 Å². The van der Waals surface area contributed by atoms with Crippen molar-refractivity contribution in [3.8, 4) is 17.2 Å². The first-order chi connectivity index (χ1) is 9.93. The highest BCUT2D eigenvalue weighted by Crippen LogP contribution is 2.41. The Morgan fingerprint density at radius 1 is 0.905 bits per heavy atom. The van der Waals surface area contributed by atoms with Gasteiger partial charge in [0.2, 0.25) is 0 Å².